The van der Waals surface area contributed by atoms with Gasteiger partial charge in [-0.2, -0.15) is 0 Å². The summed E-state index contributed by atoms with van der Waals surface area (Å²) < 4.78 is 0. The maximum absolute atomic E-state index is 8.37. The Morgan fingerprint density at radius 2 is 1.96 bits per heavy atom. The van der Waals surface area contributed by atoms with Gasteiger partial charge < -0.3 is 16.0 Å². The zero-order valence-electron chi connectivity index (χ0n) is 18.1. The van der Waals surface area contributed by atoms with Crippen LogP contribution in [0.15, 0.2) is 33.4 Å². The third-order valence-corrected chi connectivity index (χ3v) is 5.43. The Labute approximate surface area is 171 Å². The molecule has 0 amide bonds. The van der Waals surface area contributed by atoms with Crippen molar-refractivity contribution >= 4 is 17.9 Å². The van der Waals surface area contributed by atoms with Gasteiger partial charge in [-0.25, -0.2) is 9.98 Å². The molecule has 3 N–H and O–H groups in total. The number of nitrogens with zero attached hydrogens (tertiary/aromatic N) is 3. The maximum atomic E-state index is 8.37. The summed E-state index contributed by atoms with van der Waals surface area (Å²) in [5.41, 5.74) is 8.49. The van der Waals surface area contributed by atoms with Gasteiger partial charge in [0.25, 0.3) is 0 Å². The summed E-state index contributed by atoms with van der Waals surface area (Å²) >= 11 is 0. The third kappa shape index (κ3) is 7.70. The molecule has 0 saturated carbocycles. The van der Waals surface area contributed by atoms with E-state index in [1.54, 1.807) is 0 Å². The summed E-state index contributed by atoms with van der Waals surface area (Å²) in [5.74, 6) is 1.26. The molecule has 0 unspecified atom stereocenters. The lowest BCUT2D eigenvalue weighted by Gasteiger charge is -2.30. The van der Waals surface area contributed by atoms with E-state index in [4.69, 9.17) is 11.1 Å². The second-order valence-corrected chi connectivity index (χ2v) is 8.50. The van der Waals surface area contributed by atoms with Gasteiger partial charge in [0.1, 0.15) is 0 Å². The molecule has 1 heterocycles. The van der Waals surface area contributed by atoms with E-state index in [0.717, 1.165) is 56.5 Å². The Kier molecular flexibility index (Phi) is 9.62. The Bertz CT molecular complexity index is 619. The van der Waals surface area contributed by atoms with Gasteiger partial charge in [0, 0.05) is 17.5 Å². The van der Waals surface area contributed by atoms with Crippen molar-refractivity contribution in [1.82, 2.24) is 4.90 Å². The lowest BCUT2D eigenvalue weighted by atomic mass is 9.94. The molecule has 0 radical (unpaired) electrons. The van der Waals surface area contributed by atoms with Gasteiger partial charge in [0.2, 0.25) is 5.96 Å². The number of hydrogen-bond donors (Lipinski definition) is 2. The van der Waals surface area contributed by atoms with Crippen LogP contribution in [0.2, 0.25) is 0 Å². The van der Waals surface area contributed by atoms with Crippen molar-refractivity contribution in [3.8, 4) is 0 Å². The van der Waals surface area contributed by atoms with Crippen molar-refractivity contribution in [2.75, 3.05) is 19.6 Å². The van der Waals surface area contributed by atoms with Gasteiger partial charge in [-0.3, -0.25) is 0 Å². The number of nitrogens with one attached hydrogen (secondary N) is 1. The highest BCUT2D eigenvalue weighted by Crippen LogP contribution is 2.23. The van der Waals surface area contributed by atoms with Crippen molar-refractivity contribution in [2.45, 2.75) is 72.1 Å². The molecule has 0 aromatic rings. The van der Waals surface area contributed by atoms with Gasteiger partial charge >= 0.3 is 0 Å². The maximum Gasteiger partial charge on any atom is 0.220 e. The average molecular weight is 386 g/mol. The number of rotatable bonds is 9. The van der Waals surface area contributed by atoms with Crippen LogP contribution in [0.5, 0.6) is 0 Å². The quantitative estimate of drug-likeness (QED) is 0.335. The highest BCUT2D eigenvalue weighted by molar-refractivity contribution is 6.02. The molecular weight excluding hydrogens is 346 g/mol. The van der Waals surface area contributed by atoms with Gasteiger partial charge in [-0.1, -0.05) is 45.8 Å². The summed E-state index contributed by atoms with van der Waals surface area (Å²) in [5, 5.41) is 8.37. The minimum Gasteiger partial charge on any atom is -0.368 e. The first-order valence-electron chi connectivity index (χ1n) is 11.1. The normalized spacial score (nSPS) is 19.9. The summed E-state index contributed by atoms with van der Waals surface area (Å²) in [6, 6.07) is 0. The number of aliphatic imine (C=N–C) groups is 2. The number of piperidine rings is 1. The van der Waals surface area contributed by atoms with Crippen LogP contribution in [0.1, 0.15) is 72.1 Å². The van der Waals surface area contributed by atoms with E-state index >= 15 is 0 Å². The predicted octanol–water partition coefficient (Wildman–Crippen LogP) is 4.94. The Morgan fingerprint density at radius 1 is 1.25 bits per heavy atom. The van der Waals surface area contributed by atoms with Crippen LogP contribution in [0.3, 0.4) is 0 Å². The van der Waals surface area contributed by atoms with Gasteiger partial charge in [-0.05, 0) is 70.0 Å². The van der Waals surface area contributed by atoms with Crippen LogP contribution in [-0.2, 0) is 0 Å². The second-order valence-electron chi connectivity index (χ2n) is 8.50. The fourth-order valence-electron chi connectivity index (χ4n) is 3.81. The number of allylic oxidation sites excluding steroid dienone is 3. The molecular formula is C23H39N5. The lowest BCUT2D eigenvalue weighted by Crippen LogP contribution is -2.35. The van der Waals surface area contributed by atoms with Crippen LogP contribution in [0, 0.1) is 17.2 Å². The number of likely N-dealkylation sites (tertiary alicyclic amines) is 1. The van der Waals surface area contributed by atoms with Crippen molar-refractivity contribution in [2.24, 2.45) is 27.6 Å². The molecule has 0 atom stereocenters. The zero-order chi connectivity index (χ0) is 20.4. The molecule has 0 aromatic carbocycles. The van der Waals surface area contributed by atoms with Crippen LogP contribution in [-0.4, -0.2) is 42.4 Å². The minimum atomic E-state index is 0.307. The van der Waals surface area contributed by atoms with Gasteiger partial charge in [-0.15, -0.1) is 0 Å². The lowest BCUT2D eigenvalue weighted by molar-refractivity contribution is 0.207. The summed E-state index contributed by atoms with van der Waals surface area (Å²) in [6.45, 7) is 10.1. The molecule has 1 saturated heterocycles. The first-order chi connectivity index (χ1) is 13.5. The first kappa shape index (κ1) is 22.5. The predicted molar refractivity (Wildman–Crippen MR) is 121 cm³/mol. The molecule has 0 aromatic heterocycles. The topological polar surface area (TPSA) is 77.8 Å². The van der Waals surface area contributed by atoms with E-state index in [2.05, 4.69) is 47.8 Å². The molecule has 156 valence electrons. The molecule has 1 aliphatic carbocycles. The molecule has 1 aliphatic heterocycles. The third-order valence-electron chi connectivity index (χ3n) is 5.43. The highest BCUT2D eigenvalue weighted by atomic mass is 15.1. The average Bonchev–Trinajstić information content (AvgIpc) is 2.67. The van der Waals surface area contributed by atoms with E-state index < -0.39 is 0 Å². The highest BCUT2D eigenvalue weighted by Gasteiger charge is 2.18. The van der Waals surface area contributed by atoms with E-state index in [9.17, 15) is 0 Å². The largest absolute Gasteiger partial charge is 0.368 e. The van der Waals surface area contributed by atoms with Crippen LogP contribution in [0.25, 0.3) is 0 Å². The standard InChI is InChI=1S/C23H39N5/c1-4-5-8-13-28-14-11-19(12-15-28)17-26-23(25)27-22-10-7-6-9-20(22)21(24)16-18(2)3/h9-10,17-19,24H,4-8,11-16H2,1-3H3,(H2,25,27)/b24-21?,26-17+. The molecule has 5 nitrogen and oxygen atoms in total. The van der Waals surface area contributed by atoms with Crippen molar-refractivity contribution < 1.29 is 0 Å². The smallest absolute Gasteiger partial charge is 0.220 e. The number of hydrogen-bond acceptors (Lipinski definition) is 3. The SMILES string of the molecule is CCCCCN1CCC(/C=N/C(N)=NC2=CCCC=C2C(=N)CC(C)C)CC1. The van der Waals surface area contributed by atoms with Gasteiger partial charge in [0.15, 0.2) is 0 Å². The summed E-state index contributed by atoms with van der Waals surface area (Å²) in [4.78, 5) is 11.5. The van der Waals surface area contributed by atoms with Gasteiger partial charge in [0.05, 0.1) is 5.70 Å². The molecule has 0 spiro atoms. The summed E-state index contributed by atoms with van der Waals surface area (Å²) in [6.07, 6.45) is 15.1. The molecule has 2 rings (SSSR count). The molecule has 5 heteroatoms. The Hall–Kier alpha value is -1.75. The first-order valence-corrected chi connectivity index (χ1v) is 11.1. The van der Waals surface area contributed by atoms with Crippen molar-refractivity contribution in [3.05, 3.63) is 23.4 Å². The minimum absolute atomic E-state index is 0.307. The summed E-state index contributed by atoms with van der Waals surface area (Å²) in [7, 11) is 0. The molecule has 1 fully saturated rings. The van der Waals surface area contributed by atoms with Crippen LogP contribution >= 0.6 is 0 Å². The van der Waals surface area contributed by atoms with Crippen molar-refractivity contribution in [3.63, 3.8) is 0 Å². The fourth-order valence-corrected chi connectivity index (χ4v) is 3.81. The molecule has 2 aliphatic rings. The Morgan fingerprint density at radius 3 is 2.64 bits per heavy atom. The second kappa shape index (κ2) is 11.9. The zero-order valence-corrected chi connectivity index (χ0v) is 18.1. The van der Waals surface area contributed by atoms with E-state index in [0.29, 0.717) is 23.5 Å². The van der Waals surface area contributed by atoms with E-state index in [1.807, 2.05) is 6.21 Å². The molecule has 28 heavy (non-hydrogen) atoms. The number of guanidine groups is 1. The fraction of sp³-hybridized carbons (Fsp3) is 0.696. The van der Waals surface area contributed by atoms with Crippen LogP contribution < -0.4 is 5.73 Å². The van der Waals surface area contributed by atoms with E-state index in [1.165, 1.54) is 25.8 Å². The monoisotopic (exact) mass is 385 g/mol. The van der Waals surface area contributed by atoms with Crippen LogP contribution in [0.4, 0.5) is 0 Å². The Balaban J connectivity index is 1.87. The van der Waals surface area contributed by atoms with E-state index in [-0.39, 0.29) is 0 Å². The van der Waals surface area contributed by atoms with Crippen molar-refractivity contribution in [1.29, 1.82) is 5.41 Å². The number of nitrogens with two attached hydrogens (primary N) is 1. The number of unbranched alkanes of at least 4 members (excludes halogenated alkanes) is 2. The molecule has 0 bridgehead atoms.